The Kier molecular flexibility index (Phi) is 4.55. The minimum absolute atomic E-state index is 0.326. The standard InChI is InChI=1S/C22H23N3O4/c1-4-24(2)11-12-10-16-13-6-5-7-15-19(14(13)8-9-17(16)25(12)3)23-21(27)18(20(15)26)22(28)29/h5-6,8-10H,4,7,11H2,1-3H3,(H,28,29)(H2,23,26,27). The molecule has 0 fully saturated rings. The van der Waals surface area contributed by atoms with Gasteiger partial charge in [0.05, 0.1) is 5.69 Å². The predicted molar refractivity (Wildman–Crippen MR) is 112 cm³/mol. The highest BCUT2D eigenvalue weighted by molar-refractivity contribution is 5.99. The number of benzene rings is 1. The molecule has 29 heavy (non-hydrogen) atoms. The van der Waals surface area contributed by atoms with E-state index >= 15 is 0 Å². The van der Waals surface area contributed by atoms with Crippen LogP contribution in [0, 0.1) is 0 Å². The van der Waals surface area contributed by atoms with Crippen molar-refractivity contribution in [3.05, 3.63) is 57.0 Å². The first kappa shape index (κ1) is 19.0. The SMILES string of the molecule is CCN(C)Cc1cc2c3c(ccc2n1C)-c1[nH]c(=O)c(C(=O)O)c(O)c1CC=C3. The van der Waals surface area contributed by atoms with Crippen molar-refractivity contribution in [1.29, 1.82) is 0 Å². The van der Waals surface area contributed by atoms with Crippen LogP contribution < -0.4 is 5.56 Å². The van der Waals surface area contributed by atoms with Crippen molar-refractivity contribution < 1.29 is 15.0 Å². The summed E-state index contributed by atoms with van der Waals surface area (Å²) < 4.78 is 2.16. The van der Waals surface area contributed by atoms with Crippen molar-refractivity contribution in [2.75, 3.05) is 13.6 Å². The van der Waals surface area contributed by atoms with Crippen molar-refractivity contribution in [2.24, 2.45) is 7.05 Å². The van der Waals surface area contributed by atoms with Crippen LogP contribution in [0.15, 0.2) is 29.1 Å². The summed E-state index contributed by atoms with van der Waals surface area (Å²) in [5, 5.41) is 20.8. The maximum absolute atomic E-state index is 12.3. The maximum Gasteiger partial charge on any atom is 0.345 e. The van der Waals surface area contributed by atoms with Gasteiger partial charge in [-0.15, -0.1) is 0 Å². The van der Waals surface area contributed by atoms with Gasteiger partial charge in [-0.3, -0.25) is 4.79 Å². The van der Waals surface area contributed by atoms with Crippen molar-refractivity contribution in [3.63, 3.8) is 0 Å². The van der Waals surface area contributed by atoms with Crippen molar-refractivity contribution in [2.45, 2.75) is 19.9 Å². The van der Waals surface area contributed by atoms with Crippen LogP contribution in [-0.4, -0.2) is 44.2 Å². The number of aromatic nitrogens is 2. The number of carbonyl (C=O) groups is 1. The van der Waals surface area contributed by atoms with Gasteiger partial charge in [-0.05, 0) is 37.7 Å². The van der Waals surface area contributed by atoms with Crippen LogP contribution >= 0.6 is 0 Å². The van der Waals surface area contributed by atoms with Crippen LogP contribution in [0.3, 0.4) is 0 Å². The smallest absolute Gasteiger partial charge is 0.345 e. The Bertz CT molecular complexity index is 1230. The Labute approximate surface area is 167 Å². The number of aryl methyl sites for hydroxylation is 1. The van der Waals surface area contributed by atoms with Crippen LogP contribution in [0.25, 0.3) is 28.2 Å². The number of carboxylic acids is 1. The summed E-state index contributed by atoms with van der Waals surface area (Å²) in [6.45, 7) is 3.87. The lowest BCUT2D eigenvalue weighted by Crippen LogP contribution is -2.20. The third kappa shape index (κ3) is 2.94. The van der Waals surface area contributed by atoms with E-state index in [1.54, 1.807) is 0 Å². The maximum atomic E-state index is 12.3. The van der Waals surface area contributed by atoms with E-state index in [0.29, 0.717) is 17.7 Å². The fourth-order valence-corrected chi connectivity index (χ4v) is 3.97. The average Bonchev–Trinajstić information content (AvgIpc) is 2.86. The van der Waals surface area contributed by atoms with E-state index in [0.717, 1.165) is 35.1 Å². The van der Waals surface area contributed by atoms with Crippen molar-refractivity contribution in [3.8, 4) is 17.0 Å². The molecule has 1 aromatic carbocycles. The largest absolute Gasteiger partial charge is 0.506 e. The highest BCUT2D eigenvalue weighted by Crippen LogP contribution is 2.38. The number of carboxylic acid groups (broad SMARTS) is 1. The molecule has 3 N–H and O–H groups in total. The molecule has 1 aliphatic carbocycles. The number of aromatic hydroxyl groups is 1. The first-order valence-corrected chi connectivity index (χ1v) is 9.51. The topological polar surface area (TPSA) is 98.6 Å². The van der Waals surface area contributed by atoms with Crippen LogP contribution in [0.4, 0.5) is 0 Å². The molecule has 0 saturated carbocycles. The predicted octanol–water partition coefficient (Wildman–Crippen LogP) is 2.96. The number of nitrogens with zero attached hydrogens (tertiary/aromatic N) is 2. The van der Waals surface area contributed by atoms with Crippen LogP contribution in [-0.2, 0) is 20.0 Å². The number of pyridine rings is 1. The van der Waals surface area contributed by atoms with E-state index in [4.69, 9.17) is 0 Å². The zero-order valence-electron chi connectivity index (χ0n) is 16.6. The molecule has 0 amide bonds. The number of rotatable bonds is 4. The minimum atomic E-state index is -1.44. The van der Waals surface area contributed by atoms with E-state index in [-0.39, 0.29) is 0 Å². The number of H-pyrrole nitrogens is 1. The summed E-state index contributed by atoms with van der Waals surface area (Å²) in [6, 6.07) is 6.06. The van der Waals surface area contributed by atoms with Gasteiger partial charge in [0.25, 0.3) is 5.56 Å². The van der Waals surface area contributed by atoms with E-state index in [2.05, 4.69) is 34.5 Å². The Hall–Kier alpha value is -3.32. The van der Waals surface area contributed by atoms with Crippen molar-refractivity contribution >= 4 is 22.9 Å². The highest BCUT2D eigenvalue weighted by Gasteiger charge is 2.25. The Balaban J connectivity index is 1.98. The van der Waals surface area contributed by atoms with Gasteiger partial charge in [-0.2, -0.15) is 0 Å². The monoisotopic (exact) mass is 393 g/mol. The van der Waals surface area contributed by atoms with Gasteiger partial charge < -0.3 is 24.7 Å². The van der Waals surface area contributed by atoms with E-state index in [1.807, 2.05) is 31.3 Å². The number of aromatic amines is 1. The van der Waals surface area contributed by atoms with Gasteiger partial charge in [0.1, 0.15) is 5.75 Å². The first-order valence-electron chi connectivity index (χ1n) is 9.51. The first-order chi connectivity index (χ1) is 13.8. The molecule has 3 aromatic rings. The Morgan fingerprint density at radius 3 is 2.79 bits per heavy atom. The molecule has 1 aliphatic rings. The summed E-state index contributed by atoms with van der Waals surface area (Å²) in [5.41, 5.74) is 3.42. The number of hydrogen-bond donors (Lipinski definition) is 3. The fraction of sp³-hybridized carbons (Fsp3) is 0.273. The molecule has 0 atom stereocenters. The molecule has 0 unspecified atom stereocenters. The molecule has 7 heteroatoms. The molecule has 0 spiro atoms. The zero-order valence-corrected chi connectivity index (χ0v) is 16.6. The van der Waals surface area contributed by atoms with Gasteiger partial charge in [0, 0.05) is 41.3 Å². The molecule has 7 nitrogen and oxygen atoms in total. The van der Waals surface area contributed by atoms with Gasteiger partial charge >= 0.3 is 5.97 Å². The lowest BCUT2D eigenvalue weighted by molar-refractivity contribution is 0.0691. The van der Waals surface area contributed by atoms with Crippen molar-refractivity contribution in [1.82, 2.24) is 14.5 Å². The van der Waals surface area contributed by atoms with E-state index in [1.165, 1.54) is 5.69 Å². The van der Waals surface area contributed by atoms with Gasteiger partial charge in [0.15, 0.2) is 5.56 Å². The lowest BCUT2D eigenvalue weighted by Gasteiger charge is -2.14. The Morgan fingerprint density at radius 2 is 2.10 bits per heavy atom. The fourth-order valence-electron chi connectivity index (χ4n) is 3.97. The van der Waals surface area contributed by atoms with Gasteiger partial charge in [0.2, 0.25) is 0 Å². The second kappa shape index (κ2) is 6.93. The Morgan fingerprint density at radius 1 is 1.34 bits per heavy atom. The number of hydrogen-bond acceptors (Lipinski definition) is 4. The second-order valence-electron chi connectivity index (χ2n) is 7.43. The normalized spacial score (nSPS) is 12.8. The van der Waals surface area contributed by atoms with Crippen LogP contribution in [0.1, 0.15) is 34.1 Å². The van der Waals surface area contributed by atoms with Crippen LogP contribution in [0.2, 0.25) is 0 Å². The molecular formula is C22H23N3O4. The summed E-state index contributed by atoms with van der Waals surface area (Å²) in [4.78, 5) is 28.6. The third-order valence-electron chi connectivity index (χ3n) is 5.72. The molecule has 0 saturated heterocycles. The number of allylic oxidation sites excluding steroid dienone is 1. The summed E-state index contributed by atoms with van der Waals surface area (Å²) >= 11 is 0. The molecular weight excluding hydrogens is 370 g/mol. The molecule has 2 heterocycles. The summed E-state index contributed by atoms with van der Waals surface area (Å²) in [7, 11) is 4.11. The number of nitrogens with one attached hydrogen (secondary N) is 1. The summed E-state index contributed by atoms with van der Waals surface area (Å²) in [5.74, 6) is -1.91. The zero-order chi connectivity index (χ0) is 20.9. The van der Waals surface area contributed by atoms with Gasteiger partial charge in [-0.25, -0.2) is 4.79 Å². The van der Waals surface area contributed by atoms with E-state index < -0.39 is 22.8 Å². The molecule has 0 radical (unpaired) electrons. The second-order valence-corrected chi connectivity index (χ2v) is 7.43. The third-order valence-corrected chi connectivity index (χ3v) is 5.72. The van der Waals surface area contributed by atoms with E-state index in [9.17, 15) is 19.8 Å². The number of fused-ring (bicyclic) bond motifs is 5. The summed E-state index contributed by atoms with van der Waals surface area (Å²) in [6.07, 6.45) is 4.19. The lowest BCUT2D eigenvalue weighted by atomic mass is 9.97. The van der Waals surface area contributed by atoms with Gasteiger partial charge in [-0.1, -0.05) is 25.1 Å². The number of aromatic carboxylic acids is 1. The molecule has 0 aliphatic heterocycles. The molecule has 4 rings (SSSR count). The molecule has 150 valence electrons. The minimum Gasteiger partial charge on any atom is -0.506 e. The average molecular weight is 393 g/mol. The quantitative estimate of drug-likeness (QED) is 0.633. The molecule has 2 aromatic heterocycles. The van der Waals surface area contributed by atoms with Crippen LogP contribution in [0.5, 0.6) is 5.75 Å². The molecule has 0 bridgehead atoms. The highest BCUT2D eigenvalue weighted by atomic mass is 16.4.